The lowest BCUT2D eigenvalue weighted by molar-refractivity contribution is 0.660. The van der Waals surface area contributed by atoms with Crippen LogP contribution in [0, 0.1) is 0 Å². The van der Waals surface area contributed by atoms with Crippen molar-refractivity contribution in [2.75, 3.05) is 5.32 Å². The summed E-state index contributed by atoms with van der Waals surface area (Å²) in [4.78, 5) is 0. The van der Waals surface area contributed by atoms with Crippen LogP contribution < -0.4 is 5.32 Å². The number of para-hydroxylation sites is 1. The molecule has 0 saturated carbocycles. The second-order valence-electron chi connectivity index (χ2n) is 7.31. The minimum atomic E-state index is -0.577. The van der Waals surface area contributed by atoms with E-state index in [0.29, 0.717) is 5.69 Å². The van der Waals surface area contributed by atoms with E-state index < -0.39 is 54.4 Å². The van der Waals surface area contributed by atoms with E-state index in [-0.39, 0.29) is 22.2 Å². The molecule has 0 unspecified atom stereocenters. The zero-order chi connectivity index (χ0) is 27.0. The highest BCUT2D eigenvalue weighted by molar-refractivity contribution is 5.85. The van der Waals surface area contributed by atoms with Gasteiger partial charge < -0.3 is 5.32 Å². The zero-order valence-electron chi connectivity index (χ0n) is 24.5. The number of anilines is 2. The van der Waals surface area contributed by atoms with Gasteiger partial charge in [0.15, 0.2) is 0 Å². The first kappa shape index (κ1) is 9.75. The monoisotopic (exact) mass is 370 g/mol. The highest BCUT2D eigenvalue weighted by Crippen LogP contribution is 2.49. The molecule has 0 bridgehead atoms. The average Bonchev–Trinajstić information content (AvgIpc) is 3.11. The van der Waals surface area contributed by atoms with E-state index in [2.05, 4.69) is 31.3 Å². The molecule has 1 heteroatoms. The summed E-state index contributed by atoms with van der Waals surface area (Å²) >= 11 is 0. The normalized spacial score (nSPS) is 18.1. The van der Waals surface area contributed by atoms with Crippen LogP contribution in [0.15, 0.2) is 96.8 Å². The van der Waals surface area contributed by atoms with Crippen molar-refractivity contribution in [1.29, 1.82) is 0 Å². The maximum atomic E-state index is 8.59. The van der Waals surface area contributed by atoms with Crippen LogP contribution in [0.2, 0.25) is 0 Å². The number of benzene rings is 4. The number of hydrogen-bond acceptors (Lipinski definition) is 1. The largest absolute Gasteiger partial charge is 0.355 e. The summed E-state index contributed by atoms with van der Waals surface area (Å²) in [5, 5.41) is 3.10. The number of nitrogens with one attached hydrogen (secondary N) is 1. The fraction of sp³-hybridized carbons (Fsp3) is 0.111. The second kappa shape index (κ2) is 6.38. The Morgan fingerprint density at radius 3 is 2.29 bits per heavy atom. The van der Waals surface area contributed by atoms with Crippen molar-refractivity contribution >= 4 is 11.4 Å². The van der Waals surface area contributed by atoms with Gasteiger partial charge in [0.05, 0.1) is 12.3 Å². The molecule has 0 atom stereocenters. The highest BCUT2D eigenvalue weighted by atomic mass is 14.9. The molecule has 0 heterocycles. The molecule has 1 aliphatic carbocycles. The van der Waals surface area contributed by atoms with Crippen LogP contribution in [0.1, 0.15) is 37.3 Å². The molecule has 0 saturated heterocycles. The molecule has 136 valence electrons. The lowest BCUT2D eigenvalue weighted by atomic mass is 9.82. The summed E-state index contributed by atoms with van der Waals surface area (Å²) in [5.41, 5.74) is 4.18. The van der Waals surface area contributed by atoms with Gasteiger partial charge >= 0.3 is 0 Å². The zero-order valence-corrected chi connectivity index (χ0v) is 15.5. The Labute approximate surface area is 179 Å². The van der Waals surface area contributed by atoms with Gasteiger partial charge in [0.1, 0.15) is 0 Å². The van der Waals surface area contributed by atoms with Crippen molar-refractivity contribution in [1.82, 2.24) is 0 Å². The van der Waals surface area contributed by atoms with Gasteiger partial charge in [-0.05, 0) is 46.0 Å². The quantitative estimate of drug-likeness (QED) is 0.396. The first-order valence-electron chi connectivity index (χ1n) is 13.6. The van der Waals surface area contributed by atoms with Crippen molar-refractivity contribution in [2.45, 2.75) is 19.3 Å². The van der Waals surface area contributed by atoms with Crippen molar-refractivity contribution < 1.29 is 12.3 Å². The maximum Gasteiger partial charge on any atom is 0.0645 e. The van der Waals surface area contributed by atoms with Crippen molar-refractivity contribution in [3.63, 3.8) is 0 Å². The van der Waals surface area contributed by atoms with Gasteiger partial charge in [-0.15, -0.1) is 0 Å². The Balaban J connectivity index is 1.74. The molecular formula is C27H23N. The predicted molar refractivity (Wildman–Crippen MR) is 119 cm³/mol. The third-order valence-electron chi connectivity index (χ3n) is 5.29. The molecule has 0 radical (unpaired) electrons. The third kappa shape index (κ3) is 2.63. The van der Waals surface area contributed by atoms with Crippen LogP contribution in [0.4, 0.5) is 11.4 Å². The molecule has 28 heavy (non-hydrogen) atoms. The molecule has 4 aromatic carbocycles. The molecule has 0 aliphatic heterocycles. The van der Waals surface area contributed by atoms with Gasteiger partial charge in [0, 0.05) is 22.4 Å². The van der Waals surface area contributed by atoms with E-state index in [1.807, 2.05) is 30.3 Å². The van der Waals surface area contributed by atoms with E-state index in [9.17, 15) is 0 Å². The summed E-state index contributed by atoms with van der Waals surface area (Å²) in [6.07, 6.45) is 0. The topological polar surface area (TPSA) is 12.0 Å². The predicted octanol–water partition coefficient (Wildman–Crippen LogP) is 7.40. The lowest BCUT2D eigenvalue weighted by Crippen LogP contribution is -2.15. The summed E-state index contributed by atoms with van der Waals surface area (Å²) < 4.78 is 74.4. The van der Waals surface area contributed by atoms with Crippen molar-refractivity contribution in [3.8, 4) is 22.3 Å². The summed E-state index contributed by atoms with van der Waals surface area (Å²) in [5.74, 6) is 0. The first-order valence-corrected chi connectivity index (χ1v) is 9.07. The smallest absolute Gasteiger partial charge is 0.0645 e. The Bertz CT molecular complexity index is 1600. The van der Waals surface area contributed by atoms with Crippen LogP contribution in [-0.2, 0) is 5.41 Å². The first-order chi connectivity index (χ1) is 17.4. The highest BCUT2D eigenvalue weighted by Gasteiger charge is 2.35. The van der Waals surface area contributed by atoms with E-state index in [1.165, 1.54) is 5.56 Å². The molecular weight excluding hydrogens is 338 g/mol. The summed E-state index contributed by atoms with van der Waals surface area (Å²) in [7, 11) is 0. The van der Waals surface area contributed by atoms with Crippen molar-refractivity contribution in [3.05, 3.63) is 108 Å². The molecule has 1 N–H and O–H groups in total. The minimum Gasteiger partial charge on any atom is -0.355 e. The van der Waals surface area contributed by atoms with Gasteiger partial charge in [-0.2, -0.15) is 0 Å². The van der Waals surface area contributed by atoms with E-state index in [0.717, 1.165) is 16.7 Å². The average molecular weight is 371 g/mol. The summed E-state index contributed by atoms with van der Waals surface area (Å²) in [6.45, 7) is 4.24. The van der Waals surface area contributed by atoms with Crippen LogP contribution in [-0.4, -0.2) is 0 Å². The van der Waals surface area contributed by atoms with Gasteiger partial charge in [-0.3, -0.25) is 0 Å². The Morgan fingerprint density at radius 1 is 0.714 bits per heavy atom. The maximum absolute atomic E-state index is 8.59. The Kier molecular flexibility index (Phi) is 2.22. The minimum absolute atomic E-state index is 0.0576. The molecule has 0 aromatic heterocycles. The summed E-state index contributed by atoms with van der Waals surface area (Å²) in [6, 6.07) is 9.12. The Morgan fingerprint density at radius 2 is 1.43 bits per heavy atom. The van der Waals surface area contributed by atoms with E-state index >= 15 is 0 Å². The molecule has 0 spiro atoms. The molecule has 4 aromatic rings. The number of rotatable bonds is 3. The number of hydrogen-bond donors (Lipinski definition) is 1. The van der Waals surface area contributed by atoms with Crippen LogP contribution >= 0.6 is 0 Å². The molecule has 5 rings (SSSR count). The third-order valence-corrected chi connectivity index (χ3v) is 5.29. The SMILES string of the molecule is [2H]c1c([2H])c([2H])c(-c2c([2H])c([2H])c([2H])c([2H])c2Nc2ccc3c(c2)C(C)(C)c2ccccc2-3)c([2H])c1[2H]. The molecule has 1 nitrogen and oxygen atoms in total. The second-order valence-corrected chi connectivity index (χ2v) is 7.31. The van der Waals surface area contributed by atoms with Gasteiger partial charge in [0.25, 0.3) is 0 Å². The molecule has 0 fully saturated rings. The molecule has 1 aliphatic rings. The van der Waals surface area contributed by atoms with Gasteiger partial charge in [0.2, 0.25) is 0 Å². The van der Waals surface area contributed by atoms with Crippen LogP contribution in [0.5, 0.6) is 0 Å². The number of fused-ring (bicyclic) bond motifs is 3. The van der Waals surface area contributed by atoms with Crippen LogP contribution in [0.3, 0.4) is 0 Å². The lowest BCUT2D eigenvalue weighted by Gasteiger charge is -2.22. The van der Waals surface area contributed by atoms with Gasteiger partial charge in [-0.25, -0.2) is 0 Å². The Hall–Kier alpha value is -3.32. The van der Waals surface area contributed by atoms with Crippen LogP contribution in [0.25, 0.3) is 22.3 Å². The van der Waals surface area contributed by atoms with E-state index in [1.54, 1.807) is 0 Å². The standard InChI is InChI=1S/C27H23N/c1-27(2)24-14-8-6-13-22(24)23-17-16-20(18-25(23)27)28-26-15-9-7-12-21(26)19-10-4-3-5-11-19/h3-18,28H,1-2H3/i3D,4D,5D,7D,9D,10D,11D,12D,15D. The molecule has 0 amide bonds. The fourth-order valence-electron chi connectivity index (χ4n) is 3.90. The van der Waals surface area contributed by atoms with Crippen molar-refractivity contribution in [2.24, 2.45) is 0 Å². The van der Waals surface area contributed by atoms with Gasteiger partial charge in [-0.1, -0.05) is 92.5 Å². The fourth-order valence-corrected chi connectivity index (χ4v) is 3.90. The van der Waals surface area contributed by atoms with E-state index in [4.69, 9.17) is 12.3 Å².